The van der Waals surface area contributed by atoms with Gasteiger partial charge >= 0.3 is 0 Å². The van der Waals surface area contributed by atoms with Crippen LogP contribution in [0.25, 0.3) is 0 Å². The first-order valence-corrected chi connectivity index (χ1v) is 6.59. The van der Waals surface area contributed by atoms with Gasteiger partial charge in [-0.05, 0) is 13.0 Å². The number of amides is 1. The summed E-state index contributed by atoms with van der Waals surface area (Å²) in [6.45, 7) is 2.29. The van der Waals surface area contributed by atoms with Gasteiger partial charge in [-0.1, -0.05) is 23.2 Å². The minimum atomic E-state index is 0.0642. The van der Waals surface area contributed by atoms with Gasteiger partial charge in [-0.2, -0.15) is 0 Å². The van der Waals surface area contributed by atoms with Crippen molar-refractivity contribution in [2.45, 2.75) is 13.0 Å². The molecule has 2 rings (SSSR count). The van der Waals surface area contributed by atoms with Gasteiger partial charge in [-0.15, -0.1) is 0 Å². The molecule has 6 heteroatoms. The lowest BCUT2D eigenvalue weighted by atomic mass is 10.1. The molecule has 0 bridgehead atoms. The number of halogens is 2. The number of carbonyl (C=O) groups excluding carboxylic acids is 1. The third-order valence-electron chi connectivity index (χ3n) is 3.22. The van der Waals surface area contributed by atoms with Crippen LogP contribution in [-0.2, 0) is 11.3 Å². The smallest absolute Gasteiger partial charge is 0.224 e. The summed E-state index contributed by atoms with van der Waals surface area (Å²) in [7, 11) is 1.67. The SMILES string of the molecule is CNC(=O)[C@@H]1CCN(Cc2c(Cl)cncc2Cl)C1. The van der Waals surface area contributed by atoms with E-state index in [1.165, 1.54) is 0 Å². The average molecular weight is 288 g/mol. The van der Waals surface area contributed by atoms with Crippen molar-refractivity contribution in [3.05, 3.63) is 28.0 Å². The molecule has 0 spiro atoms. The predicted molar refractivity (Wildman–Crippen MR) is 71.7 cm³/mol. The van der Waals surface area contributed by atoms with Crippen LogP contribution in [0.2, 0.25) is 10.0 Å². The van der Waals surface area contributed by atoms with Crippen LogP contribution in [-0.4, -0.2) is 35.9 Å². The topological polar surface area (TPSA) is 45.2 Å². The molecule has 0 unspecified atom stereocenters. The Morgan fingerprint density at radius 3 is 2.78 bits per heavy atom. The summed E-state index contributed by atoms with van der Waals surface area (Å²) in [5, 5.41) is 3.84. The van der Waals surface area contributed by atoms with Gasteiger partial charge in [0.1, 0.15) is 0 Å². The largest absolute Gasteiger partial charge is 0.359 e. The Morgan fingerprint density at radius 2 is 2.17 bits per heavy atom. The molecule has 1 atom stereocenters. The monoisotopic (exact) mass is 287 g/mol. The maximum absolute atomic E-state index is 11.5. The highest BCUT2D eigenvalue weighted by Crippen LogP contribution is 2.27. The number of nitrogens with one attached hydrogen (secondary N) is 1. The molecule has 1 amide bonds. The Morgan fingerprint density at radius 1 is 1.50 bits per heavy atom. The summed E-state index contributed by atoms with van der Waals surface area (Å²) in [5.41, 5.74) is 0.880. The van der Waals surface area contributed by atoms with Crippen LogP contribution in [0.1, 0.15) is 12.0 Å². The van der Waals surface area contributed by atoms with Gasteiger partial charge in [0.15, 0.2) is 0 Å². The van der Waals surface area contributed by atoms with E-state index in [9.17, 15) is 4.79 Å². The summed E-state index contributed by atoms with van der Waals surface area (Å²) in [6, 6.07) is 0. The number of nitrogens with zero attached hydrogens (tertiary/aromatic N) is 2. The first-order valence-electron chi connectivity index (χ1n) is 5.83. The van der Waals surface area contributed by atoms with Crippen molar-refractivity contribution in [3.8, 4) is 0 Å². The molecule has 0 aromatic carbocycles. The van der Waals surface area contributed by atoms with E-state index in [4.69, 9.17) is 23.2 Å². The average Bonchev–Trinajstić information content (AvgIpc) is 2.81. The number of likely N-dealkylation sites (tertiary alicyclic amines) is 1. The molecule has 0 radical (unpaired) electrons. The van der Waals surface area contributed by atoms with Crippen molar-refractivity contribution in [2.24, 2.45) is 5.92 Å². The van der Waals surface area contributed by atoms with E-state index in [-0.39, 0.29) is 11.8 Å². The third-order valence-corrected chi connectivity index (χ3v) is 3.88. The standard InChI is InChI=1S/C12H15Cl2N3O/c1-15-12(18)8-2-3-17(6-8)7-9-10(13)4-16-5-11(9)14/h4-5,8H,2-3,6-7H2,1H3,(H,15,18)/t8-/m1/s1. The van der Waals surface area contributed by atoms with Gasteiger partial charge in [0.2, 0.25) is 5.91 Å². The summed E-state index contributed by atoms with van der Waals surface area (Å²) in [4.78, 5) is 17.7. The number of hydrogen-bond donors (Lipinski definition) is 1. The number of rotatable bonds is 3. The van der Waals surface area contributed by atoms with Crippen LogP contribution < -0.4 is 5.32 Å². The van der Waals surface area contributed by atoms with Gasteiger partial charge in [-0.3, -0.25) is 14.7 Å². The van der Waals surface area contributed by atoms with Gasteiger partial charge in [-0.25, -0.2) is 0 Å². The molecule has 98 valence electrons. The fraction of sp³-hybridized carbons (Fsp3) is 0.500. The zero-order valence-electron chi connectivity index (χ0n) is 10.1. The Kier molecular flexibility index (Phi) is 4.43. The first-order chi connectivity index (χ1) is 8.61. The quantitative estimate of drug-likeness (QED) is 0.924. The van der Waals surface area contributed by atoms with Crippen molar-refractivity contribution >= 4 is 29.1 Å². The molecule has 1 N–H and O–H groups in total. The summed E-state index contributed by atoms with van der Waals surface area (Å²) in [6.07, 6.45) is 4.06. The number of pyridine rings is 1. The van der Waals surface area contributed by atoms with Crippen molar-refractivity contribution in [1.82, 2.24) is 15.2 Å². The van der Waals surface area contributed by atoms with Crippen LogP contribution in [0.4, 0.5) is 0 Å². The van der Waals surface area contributed by atoms with E-state index in [1.807, 2.05) is 0 Å². The van der Waals surface area contributed by atoms with E-state index in [2.05, 4.69) is 15.2 Å². The zero-order chi connectivity index (χ0) is 13.1. The molecule has 1 aliphatic rings. The fourth-order valence-corrected chi connectivity index (χ4v) is 2.69. The zero-order valence-corrected chi connectivity index (χ0v) is 11.6. The molecule has 1 aromatic heterocycles. The highest BCUT2D eigenvalue weighted by atomic mass is 35.5. The Hall–Kier alpha value is -0.840. The van der Waals surface area contributed by atoms with Crippen LogP contribution in [0.5, 0.6) is 0 Å². The molecule has 1 aliphatic heterocycles. The molecule has 18 heavy (non-hydrogen) atoms. The number of aromatic nitrogens is 1. The van der Waals surface area contributed by atoms with Crippen LogP contribution >= 0.6 is 23.2 Å². The van der Waals surface area contributed by atoms with Crippen molar-refractivity contribution < 1.29 is 4.79 Å². The van der Waals surface area contributed by atoms with E-state index >= 15 is 0 Å². The maximum atomic E-state index is 11.5. The molecule has 2 heterocycles. The second-order valence-corrected chi connectivity index (χ2v) is 5.23. The highest BCUT2D eigenvalue weighted by Gasteiger charge is 2.28. The normalized spacial score (nSPS) is 20.1. The Bertz CT molecular complexity index is 433. The minimum absolute atomic E-state index is 0.0642. The molecule has 1 aromatic rings. The van der Waals surface area contributed by atoms with Crippen molar-refractivity contribution in [1.29, 1.82) is 0 Å². The van der Waals surface area contributed by atoms with Crippen LogP contribution in [0.15, 0.2) is 12.4 Å². The summed E-state index contributed by atoms with van der Waals surface area (Å²) in [5.74, 6) is 0.166. The van der Waals surface area contributed by atoms with E-state index in [0.717, 1.165) is 25.1 Å². The lowest BCUT2D eigenvalue weighted by Crippen LogP contribution is -2.30. The Labute approximate surface area is 116 Å². The summed E-state index contributed by atoms with van der Waals surface area (Å²) < 4.78 is 0. The molecule has 1 saturated heterocycles. The first kappa shape index (κ1) is 13.6. The van der Waals surface area contributed by atoms with E-state index in [1.54, 1.807) is 19.4 Å². The lowest BCUT2D eigenvalue weighted by molar-refractivity contribution is -0.124. The molecule has 1 fully saturated rings. The molecule has 4 nitrogen and oxygen atoms in total. The lowest BCUT2D eigenvalue weighted by Gasteiger charge is -2.17. The second kappa shape index (κ2) is 5.87. The minimum Gasteiger partial charge on any atom is -0.359 e. The second-order valence-electron chi connectivity index (χ2n) is 4.42. The van der Waals surface area contributed by atoms with Gasteiger partial charge in [0, 0.05) is 38.1 Å². The fourth-order valence-electron chi connectivity index (χ4n) is 2.21. The Balaban J connectivity index is 2.02. The van der Waals surface area contributed by atoms with Gasteiger partial charge in [0.25, 0.3) is 0 Å². The van der Waals surface area contributed by atoms with Crippen molar-refractivity contribution in [3.63, 3.8) is 0 Å². The van der Waals surface area contributed by atoms with Gasteiger partial charge in [0.05, 0.1) is 16.0 Å². The molecule has 0 aliphatic carbocycles. The number of carbonyl (C=O) groups is 1. The van der Waals surface area contributed by atoms with Crippen molar-refractivity contribution in [2.75, 3.05) is 20.1 Å². The molecule has 0 saturated carbocycles. The van der Waals surface area contributed by atoms with Gasteiger partial charge < -0.3 is 5.32 Å². The molecular weight excluding hydrogens is 273 g/mol. The van der Waals surface area contributed by atoms with Crippen LogP contribution in [0.3, 0.4) is 0 Å². The van der Waals surface area contributed by atoms with E-state index in [0.29, 0.717) is 16.6 Å². The maximum Gasteiger partial charge on any atom is 0.224 e. The number of hydrogen-bond acceptors (Lipinski definition) is 3. The molecular formula is C12H15Cl2N3O. The van der Waals surface area contributed by atoms with E-state index < -0.39 is 0 Å². The summed E-state index contributed by atoms with van der Waals surface area (Å²) >= 11 is 12.2. The third kappa shape index (κ3) is 2.94. The predicted octanol–water partition coefficient (Wildman–Crippen LogP) is 1.96. The van der Waals surface area contributed by atoms with Crippen LogP contribution in [0, 0.1) is 5.92 Å². The highest BCUT2D eigenvalue weighted by molar-refractivity contribution is 6.35.